The SMILES string of the molecule is N/C(=C\C=C/C=C1CCCCCC1)c1ccccc1-c1ccc2c(c1)c1c(n2-c2cccc(-n3c4c(c5cc(-c6ccccc6C6=C7CCCC(/C=C\C=C6)C7)ccc53)N3CCCC/C(=C/C=C4)C3)c2)/C=C\C=C2\CCCN1C2. The number of rotatable bonds is 8. The lowest BCUT2D eigenvalue weighted by molar-refractivity contribution is 0.496. The van der Waals surface area contributed by atoms with Gasteiger partial charge < -0.3 is 24.7 Å². The summed E-state index contributed by atoms with van der Waals surface area (Å²) >= 11 is 0. The number of nitrogens with zero attached hydrogens (tertiary/aromatic N) is 4. The third kappa shape index (κ3) is 9.55. The second-order valence-electron chi connectivity index (χ2n) is 23.3. The maximum atomic E-state index is 7.00. The van der Waals surface area contributed by atoms with Gasteiger partial charge in [-0.25, -0.2) is 0 Å². The highest BCUT2D eigenvalue weighted by Crippen LogP contribution is 2.47. The molecular formula is C74H73N5. The summed E-state index contributed by atoms with van der Waals surface area (Å²) in [6, 6.07) is 41.7. The molecule has 79 heavy (non-hydrogen) atoms. The molecule has 0 amide bonds. The number of anilines is 2. The van der Waals surface area contributed by atoms with Gasteiger partial charge in [0.1, 0.15) is 0 Å². The van der Waals surface area contributed by atoms with Gasteiger partial charge in [0.25, 0.3) is 0 Å². The molecule has 7 aliphatic rings. The fourth-order valence-corrected chi connectivity index (χ4v) is 14.4. The maximum absolute atomic E-state index is 7.00. The predicted molar refractivity (Wildman–Crippen MR) is 337 cm³/mol. The number of hydrogen-bond acceptors (Lipinski definition) is 3. The van der Waals surface area contributed by atoms with E-state index >= 15 is 0 Å². The van der Waals surface area contributed by atoms with Crippen LogP contribution in [0.2, 0.25) is 0 Å². The molecule has 14 rings (SSSR count). The average Bonchev–Trinajstić information content (AvgIpc) is 3.84. The van der Waals surface area contributed by atoms with Crippen molar-refractivity contribution in [2.24, 2.45) is 11.7 Å². The monoisotopic (exact) mass is 1030 g/mol. The van der Waals surface area contributed by atoms with Crippen LogP contribution in [0.25, 0.3) is 78.9 Å². The molecule has 2 aromatic heterocycles. The normalized spacial score (nSPS) is 21.6. The molecule has 3 aliphatic carbocycles. The summed E-state index contributed by atoms with van der Waals surface area (Å²) in [5.41, 5.74) is 32.5. The largest absolute Gasteiger partial charge is 0.398 e. The van der Waals surface area contributed by atoms with E-state index in [1.807, 2.05) is 0 Å². The second-order valence-corrected chi connectivity index (χ2v) is 23.3. The van der Waals surface area contributed by atoms with Crippen LogP contribution < -0.4 is 15.5 Å². The van der Waals surface area contributed by atoms with E-state index in [0.717, 1.165) is 80.1 Å². The molecule has 4 fully saturated rings. The molecule has 1 unspecified atom stereocenters. The maximum Gasteiger partial charge on any atom is 0.0709 e. The highest BCUT2D eigenvalue weighted by molar-refractivity contribution is 6.05. The van der Waals surface area contributed by atoms with Gasteiger partial charge in [0.2, 0.25) is 0 Å². The van der Waals surface area contributed by atoms with Crippen LogP contribution in [-0.4, -0.2) is 35.3 Å². The molecule has 5 heteroatoms. The zero-order valence-corrected chi connectivity index (χ0v) is 45.9. The third-order valence-electron chi connectivity index (χ3n) is 18.2. The van der Waals surface area contributed by atoms with Crippen LogP contribution in [0.1, 0.15) is 119 Å². The van der Waals surface area contributed by atoms with Gasteiger partial charge in [-0.1, -0.05) is 169 Å². The van der Waals surface area contributed by atoms with E-state index in [0.29, 0.717) is 5.92 Å². The van der Waals surface area contributed by atoms with Gasteiger partial charge in [-0.3, -0.25) is 0 Å². The topological polar surface area (TPSA) is 42.4 Å². The molecule has 2 N–H and O–H groups in total. The van der Waals surface area contributed by atoms with Gasteiger partial charge in [-0.15, -0.1) is 0 Å². The summed E-state index contributed by atoms with van der Waals surface area (Å²) in [5.74, 6) is 0.633. The molecule has 5 nitrogen and oxygen atoms in total. The highest BCUT2D eigenvalue weighted by Gasteiger charge is 2.29. The number of fused-ring (bicyclic) bond motifs is 14. The summed E-state index contributed by atoms with van der Waals surface area (Å²) in [7, 11) is 0. The molecular weight excluding hydrogens is 959 g/mol. The fourth-order valence-electron chi connectivity index (χ4n) is 14.4. The van der Waals surface area contributed by atoms with Crippen molar-refractivity contribution in [2.75, 3.05) is 36.0 Å². The van der Waals surface area contributed by atoms with Gasteiger partial charge in [-0.05, 0) is 183 Å². The summed E-state index contributed by atoms with van der Waals surface area (Å²) in [4.78, 5) is 5.35. The van der Waals surface area contributed by atoms with E-state index in [1.54, 1.807) is 11.1 Å². The predicted octanol–water partition coefficient (Wildman–Crippen LogP) is 18.6. The second kappa shape index (κ2) is 21.7. The zero-order valence-electron chi connectivity index (χ0n) is 45.9. The summed E-state index contributed by atoms with van der Waals surface area (Å²) in [6.07, 6.45) is 50.7. The van der Waals surface area contributed by atoms with Crippen molar-refractivity contribution < 1.29 is 0 Å². The van der Waals surface area contributed by atoms with Crippen molar-refractivity contribution in [1.29, 1.82) is 0 Å². The number of aromatic nitrogens is 2. The van der Waals surface area contributed by atoms with Crippen LogP contribution in [0, 0.1) is 5.92 Å². The van der Waals surface area contributed by atoms with Crippen molar-refractivity contribution in [3.05, 3.63) is 227 Å². The van der Waals surface area contributed by atoms with Gasteiger partial charge in [0.05, 0.1) is 33.8 Å². The van der Waals surface area contributed by atoms with E-state index in [9.17, 15) is 0 Å². The van der Waals surface area contributed by atoms with Gasteiger partial charge in [0.15, 0.2) is 0 Å². The van der Waals surface area contributed by atoms with Gasteiger partial charge in [-0.2, -0.15) is 0 Å². The van der Waals surface area contributed by atoms with Crippen LogP contribution in [0.4, 0.5) is 11.4 Å². The van der Waals surface area contributed by atoms with E-state index in [4.69, 9.17) is 5.73 Å². The molecule has 0 spiro atoms. The van der Waals surface area contributed by atoms with Crippen LogP contribution in [0.3, 0.4) is 0 Å². The average molecular weight is 1030 g/mol. The molecule has 1 atom stereocenters. The van der Waals surface area contributed by atoms with E-state index < -0.39 is 0 Å². The van der Waals surface area contributed by atoms with Crippen molar-refractivity contribution in [3.63, 3.8) is 0 Å². The third-order valence-corrected chi connectivity index (χ3v) is 18.2. The minimum absolute atomic E-state index is 0.633. The first-order valence-corrected chi connectivity index (χ1v) is 29.9. The quantitative estimate of drug-likeness (QED) is 0.122. The Bertz CT molecular complexity index is 3850. The summed E-state index contributed by atoms with van der Waals surface area (Å²) in [5, 5.41) is 2.57. The summed E-state index contributed by atoms with van der Waals surface area (Å²) < 4.78 is 5.09. The molecule has 394 valence electrons. The minimum Gasteiger partial charge on any atom is -0.398 e. The van der Waals surface area contributed by atoms with Crippen LogP contribution >= 0.6 is 0 Å². The zero-order chi connectivity index (χ0) is 52.7. The Balaban J connectivity index is 0.906. The van der Waals surface area contributed by atoms with E-state index in [2.05, 4.69) is 213 Å². The standard InChI is InChI=1S/C74H73N5/c75-68(37-12-6-22-52-20-3-1-2-4-21-52)65-36-11-9-34-63(65)58-41-43-70-67(48-58)74-72(39-17-27-55-28-19-45-77(74)51-55)79(70)60-31-18-30-59(49-60)78-69-42-40-57(47-66(69)73-71(78)38-16-26-54-24-13-14-44-76(73)50-54)62-33-8-10-35-64(62)61-32-7-5-23-53-25-15-29-56(61)46-53/h5-12,16-18,22-23,26-27,30-43,47-49,53H,1-4,13-15,19-21,24-25,28-29,44-46,50-51,75H2/b12-6-,23-5-,32-7?,38-16?,39-17-,54-26-,55-27-,61-56?,68-37-. The first-order chi connectivity index (χ1) is 39.1. The lowest BCUT2D eigenvalue weighted by Gasteiger charge is -2.32. The highest BCUT2D eigenvalue weighted by atomic mass is 15.2. The molecule has 4 aliphatic heterocycles. The van der Waals surface area contributed by atoms with Crippen LogP contribution in [0.15, 0.2) is 204 Å². The fraction of sp³-hybridized carbons (Fsp3) is 0.270. The molecule has 5 aromatic carbocycles. The van der Waals surface area contributed by atoms with Gasteiger partial charge in [0, 0.05) is 59.6 Å². The van der Waals surface area contributed by atoms with Crippen molar-refractivity contribution >= 4 is 56.6 Å². The Morgan fingerprint density at radius 3 is 1.87 bits per heavy atom. The molecule has 6 heterocycles. The summed E-state index contributed by atoms with van der Waals surface area (Å²) in [6.45, 7) is 3.96. The first kappa shape index (κ1) is 49.3. The lowest BCUT2D eigenvalue weighted by Crippen LogP contribution is -2.31. The molecule has 2 saturated heterocycles. The lowest BCUT2D eigenvalue weighted by atomic mass is 9.79. The smallest absolute Gasteiger partial charge is 0.0709 e. The van der Waals surface area contributed by atoms with E-state index in [-0.39, 0.29) is 0 Å². The minimum atomic E-state index is 0.633. The molecule has 2 saturated carbocycles. The number of benzene rings is 5. The Labute approximate surface area is 467 Å². The van der Waals surface area contributed by atoms with Crippen LogP contribution in [-0.2, 0) is 0 Å². The Hall–Kier alpha value is -8.02. The first-order valence-electron chi connectivity index (χ1n) is 29.9. The van der Waals surface area contributed by atoms with Crippen molar-refractivity contribution in [3.8, 4) is 33.6 Å². The Morgan fingerprint density at radius 1 is 0.519 bits per heavy atom. The number of nitrogens with two attached hydrogens (primary N) is 1. The number of hydrogen-bond donors (Lipinski definition) is 1. The molecule has 0 radical (unpaired) electrons. The van der Waals surface area contributed by atoms with Crippen molar-refractivity contribution in [1.82, 2.24) is 9.13 Å². The molecule has 7 aromatic rings. The van der Waals surface area contributed by atoms with Crippen molar-refractivity contribution in [2.45, 2.75) is 96.3 Å². The van der Waals surface area contributed by atoms with E-state index in [1.165, 1.54) is 154 Å². The Morgan fingerprint density at radius 2 is 1.15 bits per heavy atom. The number of piperidine rings is 1. The van der Waals surface area contributed by atoms with Crippen LogP contribution in [0.5, 0.6) is 0 Å². The molecule has 6 bridgehead atoms. The van der Waals surface area contributed by atoms with Gasteiger partial charge >= 0.3 is 0 Å². The Kier molecular flexibility index (Phi) is 13.5. The number of allylic oxidation sites excluding steroid dienone is 15.